The summed E-state index contributed by atoms with van der Waals surface area (Å²) in [7, 11) is 0. The SMILES string of the molecule is CCN=NC(C)CCCCCN. The standard InChI is InChI=1S/C9H21N3/c1-3-11-12-9(2)7-5-4-6-8-10/h9H,3-8,10H2,1-2H3. The smallest absolute Gasteiger partial charge is 0.0680 e. The van der Waals surface area contributed by atoms with Crippen LogP contribution >= 0.6 is 0 Å². The molecule has 0 bridgehead atoms. The zero-order chi connectivity index (χ0) is 9.23. The van der Waals surface area contributed by atoms with Crippen LogP contribution in [0.4, 0.5) is 0 Å². The topological polar surface area (TPSA) is 50.7 Å². The molecule has 0 aliphatic rings. The molecule has 0 rings (SSSR count). The average Bonchev–Trinajstić information content (AvgIpc) is 2.09. The molecule has 0 aliphatic heterocycles. The van der Waals surface area contributed by atoms with Crippen LogP contribution in [0.1, 0.15) is 39.5 Å². The second kappa shape index (κ2) is 8.65. The van der Waals surface area contributed by atoms with Gasteiger partial charge in [-0.2, -0.15) is 10.2 Å². The van der Waals surface area contributed by atoms with E-state index in [0.29, 0.717) is 6.04 Å². The van der Waals surface area contributed by atoms with Crippen molar-refractivity contribution < 1.29 is 0 Å². The van der Waals surface area contributed by atoms with Gasteiger partial charge < -0.3 is 5.73 Å². The number of rotatable bonds is 7. The highest BCUT2D eigenvalue weighted by Gasteiger charge is 1.97. The predicted molar refractivity (Wildman–Crippen MR) is 52.4 cm³/mol. The van der Waals surface area contributed by atoms with Gasteiger partial charge >= 0.3 is 0 Å². The maximum absolute atomic E-state index is 5.38. The lowest BCUT2D eigenvalue weighted by Crippen LogP contribution is -2.00. The van der Waals surface area contributed by atoms with Gasteiger partial charge in [0, 0.05) is 0 Å². The predicted octanol–water partition coefficient (Wildman–Crippen LogP) is 2.37. The summed E-state index contributed by atoms with van der Waals surface area (Å²) in [4.78, 5) is 0. The minimum absolute atomic E-state index is 0.391. The third kappa shape index (κ3) is 7.66. The van der Waals surface area contributed by atoms with Crippen LogP contribution in [-0.4, -0.2) is 19.1 Å². The first-order valence-electron chi connectivity index (χ1n) is 4.88. The average molecular weight is 171 g/mol. The highest BCUT2D eigenvalue weighted by molar-refractivity contribution is 4.57. The summed E-state index contributed by atoms with van der Waals surface area (Å²) in [6.45, 7) is 5.73. The van der Waals surface area contributed by atoms with Crippen molar-refractivity contribution in [3.8, 4) is 0 Å². The van der Waals surface area contributed by atoms with E-state index in [2.05, 4.69) is 17.2 Å². The maximum atomic E-state index is 5.38. The van der Waals surface area contributed by atoms with Gasteiger partial charge in [-0.3, -0.25) is 0 Å². The summed E-state index contributed by atoms with van der Waals surface area (Å²) in [6.07, 6.45) is 4.73. The maximum Gasteiger partial charge on any atom is 0.0680 e. The Morgan fingerprint density at radius 2 is 2.00 bits per heavy atom. The Morgan fingerprint density at radius 3 is 2.58 bits per heavy atom. The summed E-state index contributed by atoms with van der Waals surface area (Å²) < 4.78 is 0. The Bertz CT molecular complexity index is 112. The number of nitrogens with two attached hydrogens (primary N) is 1. The number of azo groups is 1. The van der Waals surface area contributed by atoms with Crippen LogP contribution in [0.15, 0.2) is 10.2 Å². The third-order valence-corrected chi connectivity index (χ3v) is 1.75. The highest BCUT2D eigenvalue weighted by atomic mass is 15.1. The van der Waals surface area contributed by atoms with Crippen LogP contribution in [0, 0.1) is 0 Å². The monoisotopic (exact) mass is 171 g/mol. The van der Waals surface area contributed by atoms with Gasteiger partial charge in [-0.05, 0) is 33.2 Å². The summed E-state index contributed by atoms with van der Waals surface area (Å²) in [5, 5.41) is 8.10. The van der Waals surface area contributed by atoms with E-state index in [4.69, 9.17) is 5.73 Å². The van der Waals surface area contributed by atoms with E-state index in [1.165, 1.54) is 12.8 Å². The lowest BCUT2D eigenvalue weighted by molar-refractivity contribution is 0.563. The molecule has 0 aliphatic carbocycles. The molecular weight excluding hydrogens is 150 g/mol. The summed E-state index contributed by atoms with van der Waals surface area (Å²) >= 11 is 0. The molecule has 2 N–H and O–H groups in total. The van der Waals surface area contributed by atoms with Crippen molar-refractivity contribution in [1.82, 2.24) is 0 Å². The fourth-order valence-electron chi connectivity index (χ4n) is 1.04. The van der Waals surface area contributed by atoms with Crippen molar-refractivity contribution in [3.05, 3.63) is 0 Å². The molecule has 1 atom stereocenters. The first kappa shape index (κ1) is 11.6. The largest absolute Gasteiger partial charge is 0.330 e. The van der Waals surface area contributed by atoms with E-state index < -0.39 is 0 Å². The van der Waals surface area contributed by atoms with E-state index in [-0.39, 0.29) is 0 Å². The van der Waals surface area contributed by atoms with Crippen molar-refractivity contribution >= 4 is 0 Å². The molecule has 0 spiro atoms. The number of hydrogen-bond acceptors (Lipinski definition) is 3. The Kier molecular flexibility index (Phi) is 8.34. The van der Waals surface area contributed by atoms with E-state index in [1.807, 2.05) is 6.92 Å². The van der Waals surface area contributed by atoms with Crippen molar-refractivity contribution in [1.29, 1.82) is 0 Å². The van der Waals surface area contributed by atoms with Crippen molar-refractivity contribution in [3.63, 3.8) is 0 Å². The molecule has 3 heteroatoms. The fraction of sp³-hybridized carbons (Fsp3) is 1.00. The normalized spacial score (nSPS) is 13.9. The van der Waals surface area contributed by atoms with Crippen LogP contribution < -0.4 is 5.73 Å². The van der Waals surface area contributed by atoms with Gasteiger partial charge in [0.25, 0.3) is 0 Å². The minimum atomic E-state index is 0.391. The molecule has 12 heavy (non-hydrogen) atoms. The zero-order valence-corrected chi connectivity index (χ0v) is 8.29. The second-order valence-electron chi connectivity index (χ2n) is 3.06. The first-order chi connectivity index (χ1) is 5.81. The van der Waals surface area contributed by atoms with Crippen molar-refractivity contribution in [2.45, 2.75) is 45.6 Å². The zero-order valence-electron chi connectivity index (χ0n) is 8.29. The molecule has 0 radical (unpaired) electrons. The lowest BCUT2D eigenvalue weighted by atomic mass is 10.1. The molecule has 0 aromatic carbocycles. The van der Waals surface area contributed by atoms with Gasteiger partial charge in [-0.1, -0.05) is 12.8 Å². The fourth-order valence-corrected chi connectivity index (χ4v) is 1.04. The highest BCUT2D eigenvalue weighted by Crippen LogP contribution is 2.05. The molecule has 1 unspecified atom stereocenters. The summed E-state index contributed by atoms with van der Waals surface area (Å²) in [6, 6.07) is 0.391. The van der Waals surface area contributed by atoms with Crippen LogP contribution in [0.2, 0.25) is 0 Å². The lowest BCUT2D eigenvalue weighted by Gasteiger charge is -2.03. The Morgan fingerprint density at radius 1 is 1.25 bits per heavy atom. The summed E-state index contributed by atoms with van der Waals surface area (Å²) in [5.41, 5.74) is 5.38. The van der Waals surface area contributed by atoms with E-state index >= 15 is 0 Å². The van der Waals surface area contributed by atoms with Crippen LogP contribution in [0.5, 0.6) is 0 Å². The van der Waals surface area contributed by atoms with Crippen LogP contribution in [0.25, 0.3) is 0 Å². The van der Waals surface area contributed by atoms with Crippen LogP contribution in [0.3, 0.4) is 0 Å². The molecule has 0 saturated carbocycles. The van der Waals surface area contributed by atoms with Gasteiger partial charge in [-0.15, -0.1) is 0 Å². The number of nitrogens with zero attached hydrogens (tertiary/aromatic N) is 2. The molecule has 0 amide bonds. The van der Waals surface area contributed by atoms with Gasteiger partial charge in [-0.25, -0.2) is 0 Å². The van der Waals surface area contributed by atoms with E-state index in [9.17, 15) is 0 Å². The molecule has 0 fully saturated rings. The van der Waals surface area contributed by atoms with Crippen molar-refractivity contribution in [2.24, 2.45) is 16.0 Å². The molecule has 0 heterocycles. The van der Waals surface area contributed by atoms with Gasteiger partial charge in [0.2, 0.25) is 0 Å². The number of hydrogen-bond donors (Lipinski definition) is 1. The number of unbranched alkanes of at least 4 members (excludes halogenated alkanes) is 2. The van der Waals surface area contributed by atoms with Crippen molar-refractivity contribution in [2.75, 3.05) is 13.1 Å². The van der Waals surface area contributed by atoms with Gasteiger partial charge in [0.1, 0.15) is 0 Å². The van der Waals surface area contributed by atoms with E-state index in [0.717, 1.165) is 25.9 Å². The molecule has 0 saturated heterocycles. The summed E-state index contributed by atoms with van der Waals surface area (Å²) in [5.74, 6) is 0. The Balaban J connectivity index is 3.19. The third-order valence-electron chi connectivity index (χ3n) is 1.75. The van der Waals surface area contributed by atoms with Crippen LogP contribution in [-0.2, 0) is 0 Å². The Hall–Kier alpha value is -0.440. The Labute approximate surface area is 75.4 Å². The van der Waals surface area contributed by atoms with Gasteiger partial charge in [0.15, 0.2) is 0 Å². The van der Waals surface area contributed by atoms with E-state index in [1.54, 1.807) is 0 Å². The molecule has 72 valence electrons. The molecular formula is C9H21N3. The molecule has 3 nitrogen and oxygen atoms in total. The first-order valence-corrected chi connectivity index (χ1v) is 4.88. The van der Waals surface area contributed by atoms with Gasteiger partial charge in [0.05, 0.1) is 12.6 Å². The quantitative estimate of drug-likeness (QED) is 0.464. The molecule has 0 aromatic heterocycles. The molecule has 0 aromatic rings. The second-order valence-corrected chi connectivity index (χ2v) is 3.06. The minimum Gasteiger partial charge on any atom is -0.330 e.